The fourth-order valence-electron chi connectivity index (χ4n) is 3.33. The molecular weight excluding hydrogens is 377 g/mol. The summed E-state index contributed by atoms with van der Waals surface area (Å²) < 4.78 is 39.0. The van der Waals surface area contributed by atoms with Gasteiger partial charge in [0.2, 0.25) is 5.91 Å². The lowest BCUT2D eigenvalue weighted by molar-refractivity contribution is -0.137. The molecule has 1 unspecified atom stereocenters. The number of imide groups is 1. The van der Waals surface area contributed by atoms with Crippen LogP contribution in [0.15, 0.2) is 18.2 Å². The van der Waals surface area contributed by atoms with Gasteiger partial charge >= 0.3 is 12.2 Å². The molecule has 0 spiro atoms. The van der Waals surface area contributed by atoms with Crippen LogP contribution in [0.5, 0.6) is 0 Å². The smallest absolute Gasteiger partial charge is 0.376 e. The van der Waals surface area contributed by atoms with Crippen LogP contribution < -0.4 is 15.5 Å². The molecule has 1 atom stereocenters. The first-order valence-corrected chi connectivity index (χ1v) is 8.76. The molecule has 10 heteroatoms. The number of carbonyl (C=O) groups is 3. The van der Waals surface area contributed by atoms with Crippen LogP contribution in [0, 0.1) is 5.92 Å². The van der Waals surface area contributed by atoms with Crippen molar-refractivity contribution in [2.45, 2.75) is 31.5 Å². The van der Waals surface area contributed by atoms with Crippen molar-refractivity contribution < 1.29 is 27.6 Å². The average Bonchev–Trinajstić information content (AvgIpc) is 3.40. The van der Waals surface area contributed by atoms with Gasteiger partial charge in [-0.05, 0) is 43.9 Å². The van der Waals surface area contributed by atoms with Crippen molar-refractivity contribution in [3.8, 4) is 0 Å². The highest BCUT2D eigenvalue weighted by Gasteiger charge is 2.56. The Morgan fingerprint density at radius 2 is 1.96 bits per heavy atom. The normalized spacial score (nSPS) is 22.3. The molecule has 2 aliphatic rings. The van der Waals surface area contributed by atoms with E-state index in [1.807, 2.05) is 0 Å². The van der Waals surface area contributed by atoms with Gasteiger partial charge in [0.25, 0.3) is 5.91 Å². The van der Waals surface area contributed by atoms with Crippen molar-refractivity contribution in [3.05, 3.63) is 23.8 Å². The predicted octanol–water partition coefficient (Wildman–Crippen LogP) is 2.43. The number of alkyl halides is 3. The Morgan fingerprint density at radius 1 is 1.32 bits per heavy atom. The number of anilines is 2. The van der Waals surface area contributed by atoms with Crippen molar-refractivity contribution in [2.75, 3.05) is 30.9 Å². The SMILES string of the molecule is CN(C)c1ccc(C(F)(F)F)cc1NC(=O)CN1C(=O)NC(C)(C2CC2)C1=O. The van der Waals surface area contributed by atoms with Crippen LogP contribution >= 0.6 is 0 Å². The molecule has 2 fully saturated rings. The third-order valence-electron chi connectivity index (χ3n) is 5.08. The van der Waals surface area contributed by atoms with E-state index in [9.17, 15) is 27.6 Å². The molecule has 1 saturated carbocycles. The Labute approximate surface area is 159 Å². The van der Waals surface area contributed by atoms with Crippen LogP contribution in [0.25, 0.3) is 0 Å². The highest BCUT2D eigenvalue weighted by molar-refractivity contribution is 6.10. The minimum absolute atomic E-state index is 0.0424. The summed E-state index contributed by atoms with van der Waals surface area (Å²) in [4.78, 5) is 39.5. The van der Waals surface area contributed by atoms with E-state index in [0.29, 0.717) is 5.69 Å². The third-order valence-corrected chi connectivity index (χ3v) is 5.08. The molecule has 1 aliphatic carbocycles. The Balaban J connectivity index is 1.77. The summed E-state index contributed by atoms with van der Waals surface area (Å²) in [5, 5.41) is 5.01. The van der Waals surface area contributed by atoms with Crippen LogP contribution in [0.3, 0.4) is 0 Å². The molecule has 2 N–H and O–H groups in total. The predicted molar refractivity (Wildman–Crippen MR) is 95.8 cm³/mol. The molecule has 152 valence electrons. The Hall–Kier alpha value is -2.78. The Morgan fingerprint density at radius 3 is 2.50 bits per heavy atom. The molecule has 1 heterocycles. The van der Waals surface area contributed by atoms with E-state index in [-0.39, 0.29) is 11.6 Å². The fourth-order valence-corrected chi connectivity index (χ4v) is 3.33. The maximum absolute atomic E-state index is 13.0. The first kappa shape index (κ1) is 20.0. The molecule has 7 nitrogen and oxygen atoms in total. The zero-order valence-electron chi connectivity index (χ0n) is 15.7. The summed E-state index contributed by atoms with van der Waals surface area (Å²) in [5.41, 5.74) is -1.63. The van der Waals surface area contributed by atoms with Crippen molar-refractivity contribution in [1.82, 2.24) is 10.2 Å². The highest BCUT2D eigenvalue weighted by atomic mass is 19.4. The number of nitrogens with one attached hydrogen (secondary N) is 2. The van der Waals surface area contributed by atoms with Crippen LogP contribution in [0.1, 0.15) is 25.3 Å². The van der Waals surface area contributed by atoms with Gasteiger partial charge in [-0.15, -0.1) is 0 Å². The maximum Gasteiger partial charge on any atom is 0.416 e. The summed E-state index contributed by atoms with van der Waals surface area (Å²) in [6.45, 7) is 1.05. The van der Waals surface area contributed by atoms with Crippen molar-refractivity contribution in [1.29, 1.82) is 0 Å². The molecule has 1 aromatic carbocycles. The minimum atomic E-state index is -4.57. The van der Waals surface area contributed by atoms with Crippen molar-refractivity contribution in [2.24, 2.45) is 5.92 Å². The van der Waals surface area contributed by atoms with Gasteiger partial charge in [-0.2, -0.15) is 13.2 Å². The van der Waals surface area contributed by atoms with E-state index < -0.39 is 41.7 Å². The molecule has 4 amide bonds. The van der Waals surface area contributed by atoms with Gasteiger partial charge in [0.1, 0.15) is 12.1 Å². The van der Waals surface area contributed by atoms with E-state index in [2.05, 4.69) is 10.6 Å². The third kappa shape index (κ3) is 3.63. The lowest BCUT2D eigenvalue weighted by atomic mass is 9.96. The Kier molecular flexibility index (Phi) is 4.76. The monoisotopic (exact) mass is 398 g/mol. The second-order valence-electron chi connectivity index (χ2n) is 7.47. The van der Waals surface area contributed by atoms with Crippen LogP contribution in [-0.4, -0.2) is 48.9 Å². The fraction of sp³-hybridized carbons (Fsp3) is 0.500. The van der Waals surface area contributed by atoms with Gasteiger partial charge < -0.3 is 15.5 Å². The van der Waals surface area contributed by atoms with Gasteiger partial charge in [-0.3, -0.25) is 14.5 Å². The van der Waals surface area contributed by atoms with E-state index in [1.54, 1.807) is 25.9 Å². The summed E-state index contributed by atoms with van der Waals surface area (Å²) in [6, 6.07) is 2.32. The lowest BCUT2D eigenvalue weighted by Crippen LogP contribution is -2.46. The first-order chi connectivity index (χ1) is 12.9. The number of hydrogen-bond donors (Lipinski definition) is 2. The molecule has 28 heavy (non-hydrogen) atoms. The molecule has 0 bridgehead atoms. The zero-order chi connectivity index (χ0) is 20.9. The second-order valence-corrected chi connectivity index (χ2v) is 7.47. The number of nitrogens with zero attached hydrogens (tertiary/aromatic N) is 2. The van der Waals surface area contributed by atoms with Crippen LogP contribution in [0.4, 0.5) is 29.3 Å². The van der Waals surface area contributed by atoms with Crippen molar-refractivity contribution in [3.63, 3.8) is 0 Å². The topological polar surface area (TPSA) is 81.8 Å². The molecule has 1 aliphatic heterocycles. The van der Waals surface area contributed by atoms with Gasteiger partial charge in [0, 0.05) is 14.1 Å². The van der Waals surface area contributed by atoms with E-state index >= 15 is 0 Å². The molecule has 0 aromatic heterocycles. The number of carbonyl (C=O) groups excluding carboxylic acids is 3. The molecule has 1 saturated heterocycles. The number of urea groups is 1. The maximum atomic E-state index is 13.0. The molecule has 0 radical (unpaired) electrons. The minimum Gasteiger partial charge on any atom is -0.376 e. The average molecular weight is 398 g/mol. The quantitative estimate of drug-likeness (QED) is 0.747. The van der Waals surface area contributed by atoms with Crippen molar-refractivity contribution >= 4 is 29.2 Å². The number of hydrogen-bond acceptors (Lipinski definition) is 4. The summed E-state index contributed by atoms with van der Waals surface area (Å²) >= 11 is 0. The first-order valence-electron chi connectivity index (χ1n) is 8.76. The number of amides is 4. The van der Waals surface area contributed by atoms with Gasteiger partial charge in [-0.25, -0.2) is 4.79 Å². The highest BCUT2D eigenvalue weighted by Crippen LogP contribution is 2.42. The van der Waals surface area contributed by atoms with E-state index in [4.69, 9.17) is 0 Å². The van der Waals surface area contributed by atoms with E-state index in [1.165, 1.54) is 6.07 Å². The summed E-state index contributed by atoms with van der Waals surface area (Å²) in [7, 11) is 3.24. The summed E-state index contributed by atoms with van der Waals surface area (Å²) in [6.07, 6.45) is -2.93. The summed E-state index contributed by atoms with van der Waals surface area (Å²) in [5.74, 6) is -1.21. The standard InChI is InChI=1S/C18H21F3N4O3/c1-17(10-4-5-10)15(27)25(16(28)23-17)9-14(26)22-12-8-11(18(19,20)21)6-7-13(12)24(2)3/h6-8,10H,4-5,9H2,1-3H3,(H,22,26)(H,23,28). The molecule has 3 rings (SSSR count). The lowest BCUT2D eigenvalue weighted by Gasteiger charge is -2.22. The number of benzene rings is 1. The zero-order valence-corrected chi connectivity index (χ0v) is 15.7. The molecule has 1 aromatic rings. The second kappa shape index (κ2) is 6.68. The number of halogens is 3. The van der Waals surface area contributed by atoms with Crippen LogP contribution in [-0.2, 0) is 15.8 Å². The largest absolute Gasteiger partial charge is 0.416 e. The Bertz CT molecular complexity index is 836. The van der Waals surface area contributed by atoms with Gasteiger partial charge in [-0.1, -0.05) is 0 Å². The van der Waals surface area contributed by atoms with Gasteiger partial charge in [0.05, 0.1) is 16.9 Å². The number of rotatable bonds is 5. The van der Waals surface area contributed by atoms with Crippen LogP contribution in [0.2, 0.25) is 0 Å². The molecular formula is C18H21F3N4O3. The van der Waals surface area contributed by atoms with E-state index in [0.717, 1.165) is 29.9 Å². The van der Waals surface area contributed by atoms with Gasteiger partial charge in [0.15, 0.2) is 0 Å².